The van der Waals surface area contributed by atoms with Crippen LogP contribution < -0.4 is 10.6 Å². The lowest BCUT2D eigenvalue weighted by atomic mass is 9.96. The molecular formula is C32H58N2O18. The molecule has 16 atom stereocenters. The third kappa shape index (κ3) is 12.5. The Morgan fingerprint density at radius 3 is 1.92 bits per heavy atom. The minimum Gasteiger partial charge on any atom is -0.394 e. The molecule has 0 bridgehead atoms. The van der Waals surface area contributed by atoms with Crippen molar-refractivity contribution >= 4 is 12.2 Å². The lowest BCUT2D eigenvalue weighted by Gasteiger charge is -2.46. The van der Waals surface area contributed by atoms with E-state index in [-0.39, 0.29) is 44.4 Å². The lowest BCUT2D eigenvalue weighted by Crippen LogP contribution is -2.65. The Kier molecular flexibility index (Phi) is 19.6. The zero-order chi connectivity index (χ0) is 38.4. The van der Waals surface area contributed by atoms with Crippen molar-refractivity contribution in [2.45, 2.75) is 138 Å². The topological polar surface area (TPSA) is 316 Å². The molecule has 0 spiro atoms. The molecule has 304 valence electrons. The Bertz CT molecular complexity index is 1030. The molecule has 52 heavy (non-hydrogen) atoms. The Hall–Kier alpha value is -1.54. The standard InChI is InChI=1S/C32H58N2O18/c1-2-3-4-5-7-34-20(38)11-16(6-9-35)12-33-8-10-47-31-28(46)29(52-32-27(45)25(43)22(40)18(14-37)50-32)23(41)19(51-31)15-48-30-26(44)24(42)21(39)17(13-36)49-30/h9,16-19,21-33,36-37,39-46H,2-8,10-15H2,1H3,(H,34,38)/t16?,17?,18?,19?,21-,22-,23-,24?,25?,26?,27?,28?,29?,30+,31+,32-/m1/s1. The number of unbranched alkanes of at least 4 members (excludes halogenated alkanes) is 3. The molecule has 3 saturated heterocycles. The lowest BCUT2D eigenvalue weighted by molar-refractivity contribution is -0.366. The number of carbonyl (C=O) groups excluding carboxylic acids is 2. The van der Waals surface area contributed by atoms with Gasteiger partial charge in [-0.25, -0.2) is 0 Å². The highest BCUT2D eigenvalue weighted by Gasteiger charge is 2.52. The van der Waals surface area contributed by atoms with Crippen LogP contribution in [0.1, 0.15) is 45.4 Å². The fourth-order valence-electron chi connectivity index (χ4n) is 6.11. The van der Waals surface area contributed by atoms with Crippen molar-refractivity contribution in [1.82, 2.24) is 10.6 Å². The number of nitrogens with one attached hydrogen (secondary N) is 2. The maximum absolute atomic E-state index is 12.4. The maximum atomic E-state index is 12.4. The van der Waals surface area contributed by atoms with Gasteiger partial charge in [-0.2, -0.15) is 0 Å². The van der Waals surface area contributed by atoms with Crippen LogP contribution in [-0.4, -0.2) is 201 Å². The predicted molar refractivity (Wildman–Crippen MR) is 174 cm³/mol. The number of rotatable bonds is 22. The highest BCUT2D eigenvalue weighted by atomic mass is 16.7. The summed E-state index contributed by atoms with van der Waals surface area (Å²) in [5, 5.41) is 109. The van der Waals surface area contributed by atoms with E-state index in [2.05, 4.69) is 17.6 Å². The average molecular weight is 759 g/mol. The van der Waals surface area contributed by atoms with Gasteiger partial charge in [0.2, 0.25) is 5.91 Å². The minimum absolute atomic E-state index is 0.109. The van der Waals surface area contributed by atoms with Gasteiger partial charge in [0, 0.05) is 25.9 Å². The molecule has 0 radical (unpaired) electrons. The van der Waals surface area contributed by atoms with Gasteiger partial charge in [-0.3, -0.25) is 4.79 Å². The first-order valence-electron chi connectivity index (χ1n) is 17.8. The van der Waals surface area contributed by atoms with Crippen molar-refractivity contribution in [2.75, 3.05) is 46.1 Å². The normalized spacial score (nSPS) is 38.9. The summed E-state index contributed by atoms with van der Waals surface area (Å²) in [7, 11) is 0. The summed E-state index contributed by atoms with van der Waals surface area (Å²) in [6.07, 6.45) is -19.7. The summed E-state index contributed by atoms with van der Waals surface area (Å²) in [6, 6.07) is 0. The number of hydrogen-bond donors (Lipinski definition) is 12. The molecule has 20 nitrogen and oxygen atoms in total. The Morgan fingerprint density at radius 2 is 1.31 bits per heavy atom. The van der Waals surface area contributed by atoms with Crippen molar-refractivity contribution < 1.29 is 89.1 Å². The summed E-state index contributed by atoms with van der Waals surface area (Å²) >= 11 is 0. The first kappa shape index (κ1) is 44.9. The van der Waals surface area contributed by atoms with Gasteiger partial charge in [0.15, 0.2) is 18.9 Å². The molecule has 0 aromatic carbocycles. The van der Waals surface area contributed by atoms with E-state index in [4.69, 9.17) is 28.4 Å². The summed E-state index contributed by atoms with van der Waals surface area (Å²) in [4.78, 5) is 23.6. The van der Waals surface area contributed by atoms with Gasteiger partial charge in [-0.15, -0.1) is 0 Å². The van der Waals surface area contributed by atoms with Crippen LogP contribution in [0.15, 0.2) is 0 Å². The number of amides is 1. The Labute approximate surface area is 301 Å². The number of ether oxygens (including phenoxy) is 6. The van der Waals surface area contributed by atoms with Crippen molar-refractivity contribution in [2.24, 2.45) is 5.92 Å². The molecule has 0 saturated carbocycles. The SMILES string of the molecule is CCCCCCNC(=O)CC(CC=O)CNCCO[C@H]1OC(CO[C@H]2OC(CO)[C@@H](O)C(O)C2O)[C@@H](O)C(O[C@H]2OC(CO)[C@@H](O)C(O)C2O)C1O. The number of aliphatic hydroxyl groups excluding tert-OH is 10. The number of aliphatic hydroxyl groups is 10. The maximum Gasteiger partial charge on any atom is 0.220 e. The van der Waals surface area contributed by atoms with E-state index in [1.54, 1.807) is 0 Å². The van der Waals surface area contributed by atoms with Gasteiger partial charge in [-0.05, 0) is 18.9 Å². The molecule has 3 rings (SSSR count). The van der Waals surface area contributed by atoms with Gasteiger partial charge >= 0.3 is 0 Å². The van der Waals surface area contributed by atoms with E-state index in [0.717, 1.165) is 32.0 Å². The molecular weight excluding hydrogens is 700 g/mol. The highest BCUT2D eigenvalue weighted by Crippen LogP contribution is 2.31. The fraction of sp³-hybridized carbons (Fsp3) is 0.938. The molecule has 1 amide bonds. The first-order chi connectivity index (χ1) is 24.9. The van der Waals surface area contributed by atoms with E-state index in [1.165, 1.54) is 0 Å². The first-order valence-corrected chi connectivity index (χ1v) is 17.8. The smallest absolute Gasteiger partial charge is 0.220 e. The molecule has 0 aromatic rings. The largest absolute Gasteiger partial charge is 0.394 e. The molecule has 3 aliphatic rings. The van der Waals surface area contributed by atoms with Gasteiger partial charge in [0.1, 0.15) is 79.5 Å². The predicted octanol–water partition coefficient (Wildman–Crippen LogP) is -5.67. The van der Waals surface area contributed by atoms with Crippen LogP contribution in [-0.2, 0) is 38.0 Å². The zero-order valence-corrected chi connectivity index (χ0v) is 29.2. The second-order valence-corrected chi connectivity index (χ2v) is 13.3. The molecule has 0 aromatic heterocycles. The van der Waals surface area contributed by atoms with Gasteiger partial charge in [-0.1, -0.05) is 26.2 Å². The van der Waals surface area contributed by atoms with Crippen LogP contribution in [0.4, 0.5) is 0 Å². The van der Waals surface area contributed by atoms with Crippen LogP contribution in [0.2, 0.25) is 0 Å². The van der Waals surface area contributed by atoms with Gasteiger partial charge < -0.3 is 94.9 Å². The molecule has 20 heteroatoms. The summed E-state index contributed by atoms with van der Waals surface area (Å²) in [5.74, 6) is -0.457. The van der Waals surface area contributed by atoms with Gasteiger partial charge in [0.25, 0.3) is 0 Å². The van der Waals surface area contributed by atoms with Gasteiger partial charge in [0.05, 0.1) is 26.4 Å². The molecule has 12 N–H and O–H groups in total. The number of aldehydes is 1. The van der Waals surface area contributed by atoms with Crippen molar-refractivity contribution in [3.8, 4) is 0 Å². The molecule has 0 aliphatic carbocycles. The zero-order valence-electron chi connectivity index (χ0n) is 29.2. The van der Waals surface area contributed by atoms with E-state index in [9.17, 15) is 60.7 Å². The number of carbonyl (C=O) groups is 2. The Balaban J connectivity index is 1.63. The summed E-state index contributed by atoms with van der Waals surface area (Å²) in [6.45, 7) is 0.902. The van der Waals surface area contributed by atoms with Crippen LogP contribution in [0.25, 0.3) is 0 Å². The van der Waals surface area contributed by atoms with E-state index < -0.39 is 112 Å². The van der Waals surface area contributed by atoms with Crippen LogP contribution in [0.5, 0.6) is 0 Å². The van der Waals surface area contributed by atoms with Crippen LogP contribution in [0.3, 0.4) is 0 Å². The minimum atomic E-state index is -1.88. The third-order valence-electron chi connectivity index (χ3n) is 9.30. The third-order valence-corrected chi connectivity index (χ3v) is 9.30. The van der Waals surface area contributed by atoms with E-state index in [1.807, 2.05) is 0 Å². The van der Waals surface area contributed by atoms with E-state index >= 15 is 0 Å². The fourth-order valence-corrected chi connectivity index (χ4v) is 6.11. The van der Waals surface area contributed by atoms with Crippen LogP contribution in [0, 0.1) is 5.92 Å². The van der Waals surface area contributed by atoms with Crippen LogP contribution >= 0.6 is 0 Å². The second-order valence-electron chi connectivity index (χ2n) is 13.3. The van der Waals surface area contributed by atoms with Crippen molar-refractivity contribution in [3.05, 3.63) is 0 Å². The van der Waals surface area contributed by atoms with E-state index in [0.29, 0.717) is 6.54 Å². The average Bonchev–Trinajstić information content (AvgIpc) is 3.13. The molecule has 3 heterocycles. The molecule has 3 aliphatic heterocycles. The monoisotopic (exact) mass is 758 g/mol. The van der Waals surface area contributed by atoms with Crippen molar-refractivity contribution in [3.63, 3.8) is 0 Å². The molecule has 3 fully saturated rings. The number of hydrogen-bond acceptors (Lipinski definition) is 19. The van der Waals surface area contributed by atoms with Crippen molar-refractivity contribution in [1.29, 1.82) is 0 Å². The Morgan fingerprint density at radius 1 is 0.712 bits per heavy atom. The highest BCUT2D eigenvalue weighted by molar-refractivity contribution is 5.76. The summed E-state index contributed by atoms with van der Waals surface area (Å²) < 4.78 is 33.4. The second kappa shape index (κ2) is 22.7. The quantitative estimate of drug-likeness (QED) is 0.0362. The summed E-state index contributed by atoms with van der Waals surface area (Å²) in [5.41, 5.74) is 0. The molecule has 10 unspecified atom stereocenters.